The molecular weight excluding hydrogens is 295 g/mol. The Labute approximate surface area is 106 Å². The lowest BCUT2D eigenvalue weighted by Crippen LogP contribution is -2.16. The third kappa shape index (κ3) is 2.58. The molecule has 0 spiro atoms. The third-order valence-electron chi connectivity index (χ3n) is 2.38. The van der Waals surface area contributed by atoms with E-state index < -0.39 is 17.9 Å². The van der Waals surface area contributed by atoms with Gasteiger partial charge in [-0.2, -0.15) is 0 Å². The van der Waals surface area contributed by atoms with E-state index in [4.69, 9.17) is 4.74 Å². The molecule has 1 atom stereocenters. The summed E-state index contributed by atoms with van der Waals surface area (Å²) in [5, 5.41) is 9.79. The average Bonchev–Trinajstić information content (AvgIpc) is 2.31. The highest BCUT2D eigenvalue weighted by atomic mass is 79.9. The Morgan fingerprint density at radius 1 is 1.53 bits per heavy atom. The molecular formula is C11H12BrFO4. The number of aliphatic hydroxyl groups is 1. The Balaban J connectivity index is 3.44. The van der Waals surface area contributed by atoms with Gasteiger partial charge in [-0.25, -0.2) is 9.18 Å². The number of carbonyl (C=O) groups is 1. The Kier molecular flexibility index (Phi) is 4.47. The normalized spacial score (nSPS) is 12.1. The van der Waals surface area contributed by atoms with Crippen molar-refractivity contribution in [3.63, 3.8) is 0 Å². The van der Waals surface area contributed by atoms with Crippen LogP contribution in [0.1, 0.15) is 17.2 Å². The molecule has 0 radical (unpaired) electrons. The lowest BCUT2D eigenvalue weighted by molar-refractivity contribution is -0.150. The van der Waals surface area contributed by atoms with Crippen molar-refractivity contribution in [2.45, 2.75) is 13.0 Å². The molecule has 6 heteroatoms. The molecule has 1 aromatic carbocycles. The molecule has 0 bridgehead atoms. The van der Waals surface area contributed by atoms with E-state index in [1.807, 2.05) is 0 Å². The Morgan fingerprint density at radius 2 is 2.12 bits per heavy atom. The zero-order valence-electron chi connectivity index (χ0n) is 9.58. The van der Waals surface area contributed by atoms with E-state index in [0.717, 1.165) is 7.11 Å². The summed E-state index contributed by atoms with van der Waals surface area (Å²) < 4.78 is 23.3. The van der Waals surface area contributed by atoms with E-state index in [1.165, 1.54) is 13.2 Å². The number of hydrogen-bond donors (Lipinski definition) is 1. The van der Waals surface area contributed by atoms with Crippen LogP contribution in [0.2, 0.25) is 0 Å². The van der Waals surface area contributed by atoms with Gasteiger partial charge in [0.05, 0.1) is 14.2 Å². The number of ether oxygens (including phenoxy) is 2. The fraction of sp³-hybridized carbons (Fsp3) is 0.364. The summed E-state index contributed by atoms with van der Waals surface area (Å²) in [4.78, 5) is 11.3. The average molecular weight is 307 g/mol. The standard InChI is InChI=1S/C11H12BrFO4/c1-5-6(12)4-7(13)10(16-2)8(5)9(14)11(15)17-3/h4,9,14H,1-3H3. The highest BCUT2D eigenvalue weighted by Crippen LogP contribution is 2.36. The molecule has 1 N–H and O–H groups in total. The number of carbonyl (C=O) groups excluding carboxylic acids is 1. The maximum atomic E-state index is 13.6. The molecule has 17 heavy (non-hydrogen) atoms. The molecule has 0 saturated carbocycles. The van der Waals surface area contributed by atoms with E-state index >= 15 is 0 Å². The molecule has 4 nitrogen and oxygen atoms in total. The number of halogens is 2. The van der Waals surface area contributed by atoms with Crippen LogP contribution in [0.15, 0.2) is 10.5 Å². The van der Waals surface area contributed by atoms with Gasteiger partial charge in [-0.05, 0) is 18.6 Å². The summed E-state index contributed by atoms with van der Waals surface area (Å²) in [6.45, 7) is 1.63. The minimum absolute atomic E-state index is 0.0613. The van der Waals surface area contributed by atoms with Gasteiger partial charge in [0.1, 0.15) is 0 Å². The molecule has 0 amide bonds. The first-order chi connectivity index (χ1) is 7.93. The summed E-state index contributed by atoms with van der Waals surface area (Å²) in [5.74, 6) is -1.70. The second-order valence-electron chi connectivity index (χ2n) is 3.34. The van der Waals surface area contributed by atoms with Crippen LogP contribution in [-0.4, -0.2) is 25.3 Å². The van der Waals surface area contributed by atoms with Gasteiger partial charge in [0.25, 0.3) is 0 Å². The quantitative estimate of drug-likeness (QED) is 0.869. The first kappa shape index (κ1) is 13.9. The van der Waals surface area contributed by atoms with Gasteiger partial charge in [0, 0.05) is 10.0 Å². The van der Waals surface area contributed by atoms with Crippen molar-refractivity contribution >= 4 is 21.9 Å². The topological polar surface area (TPSA) is 55.8 Å². The molecule has 0 aromatic heterocycles. The maximum Gasteiger partial charge on any atom is 0.339 e. The predicted molar refractivity (Wildman–Crippen MR) is 62.4 cm³/mol. The Bertz CT molecular complexity index is 448. The van der Waals surface area contributed by atoms with Gasteiger partial charge in [0.2, 0.25) is 0 Å². The molecule has 0 saturated heterocycles. The second-order valence-corrected chi connectivity index (χ2v) is 4.19. The number of aliphatic hydroxyl groups excluding tert-OH is 1. The SMILES string of the molecule is COC(=O)C(O)c1c(C)c(Br)cc(F)c1OC. The van der Waals surface area contributed by atoms with Gasteiger partial charge in [-0.1, -0.05) is 15.9 Å². The molecule has 0 aliphatic rings. The highest BCUT2D eigenvalue weighted by molar-refractivity contribution is 9.10. The highest BCUT2D eigenvalue weighted by Gasteiger charge is 2.27. The van der Waals surface area contributed by atoms with Crippen molar-refractivity contribution in [3.8, 4) is 5.75 Å². The zero-order chi connectivity index (χ0) is 13.2. The molecule has 1 aromatic rings. The minimum Gasteiger partial charge on any atom is -0.493 e. The van der Waals surface area contributed by atoms with Crippen LogP contribution in [0.25, 0.3) is 0 Å². The van der Waals surface area contributed by atoms with E-state index in [2.05, 4.69) is 20.7 Å². The number of esters is 1. The maximum absolute atomic E-state index is 13.6. The number of hydrogen-bond acceptors (Lipinski definition) is 4. The molecule has 0 aliphatic heterocycles. The van der Waals surface area contributed by atoms with Gasteiger partial charge in [-0.3, -0.25) is 0 Å². The minimum atomic E-state index is -1.58. The van der Waals surface area contributed by atoms with E-state index in [0.29, 0.717) is 10.0 Å². The van der Waals surface area contributed by atoms with Crippen molar-refractivity contribution in [1.82, 2.24) is 0 Å². The van der Waals surface area contributed by atoms with Gasteiger partial charge in [0.15, 0.2) is 17.7 Å². The number of rotatable bonds is 3. The first-order valence-corrected chi connectivity index (χ1v) is 5.51. The second kappa shape index (κ2) is 5.46. The molecule has 0 fully saturated rings. The first-order valence-electron chi connectivity index (χ1n) is 4.72. The molecule has 0 heterocycles. The number of benzene rings is 1. The molecule has 94 valence electrons. The molecule has 1 rings (SSSR count). The summed E-state index contributed by atoms with van der Waals surface area (Å²) in [6.07, 6.45) is -1.58. The number of methoxy groups -OCH3 is 2. The molecule has 1 unspecified atom stereocenters. The van der Waals surface area contributed by atoms with Crippen molar-refractivity contribution < 1.29 is 23.8 Å². The Hall–Kier alpha value is -1.14. The van der Waals surface area contributed by atoms with Crippen LogP contribution in [-0.2, 0) is 9.53 Å². The van der Waals surface area contributed by atoms with Gasteiger partial charge < -0.3 is 14.6 Å². The van der Waals surface area contributed by atoms with Crippen LogP contribution in [0.3, 0.4) is 0 Å². The monoisotopic (exact) mass is 306 g/mol. The van der Waals surface area contributed by atoms with Crippen LogP contribution in [0.4, 0.5) is 4.39 Å². The lowest BCUT2D eigenvalue weighted by Gasteiger charge is -2.17. The Morgan fingerprint density at radius 3 is 2.59 bits per heavy atom. The van der Waals surface area contributed by atoms with Crippen LogP contribution < -0.4 is 4.74 Å². The van der Waals surface area contributed by atoms with Gasteiger partial charge >= 0.3 is 5.97 Å². The van der Waals surface area contributed by atoms with Crippen molar-refractivity contribution in [1.29, 1.82) is 0 Å². The smallest absolute Gasteiger partial charge is 0.339 e. The van der Waals surface area contributed by atoms with Crippen molar-refractivity contribution in [2.75, 3.05) is 14.2 Å². The lowest BCUT2D eigenvalue weighted by atomic mass is 10.0. The van der Waals surface area contributed by atoms with Crippen molar-refractivity contribution in [3.05, 3.63) is 27.5 Å². The van der Waals surface area contributed by atoms with Crippen LogP contribution in [0.5, 0.6) is 5.75 Å². The third-order valence-corrected chi connectivity index (χ3v) is 3.20. The zero-order valence-corrected chi connectivity index (χ0v) is 11.2. The van der Waals surface area contributed by atoms with Crippen molar-refractivity contribution in [2.24, 2.45) is 0 Å². The summed E-state index contributed by atoms with van der Waals surface area (Å²) in [5.41, 5.74) is 0.576. The summed E-state index contributed by atoms with van der Waals surface area (Å²) in [6, 6.07) is 1.21. The van der Waals surface area contributed by atoms with Gasteiger partial charge in [-0.15, -0.1) is 0 Å². The predicted octanol–water partition coefficient (Wildman–Crippen LogP) is 2.11. The molecule has 0 aliphatic carbocycles. The van der Waals surface area contributed by atoms with Crippen LogP contribution >= 0.6 is 15.9 Å². The van der Waals surface area contributed by atoms with E-state index in [-0.39, 0.29) is 11.3 Å². The summed E-state index contributed by atoms with van der Waals surface area (Å²) >= 11 is 3.14. The summed E-state index contributed by atoms with van der Waals surface area (Å²) in [7, 11) is 2.40. The van der Waals surface area contributed by atoms with E-state index in [1.54, 1.807) is 6.92 Å². The fourth-order valence-corrected chi connectivity index (χ4v) is 1.89. The largest absolute Gasteiger partial charge is 0.493 e. The van der Waals surface area contributed by atoms with Crippen LogP contribution in [0, 0.1) is 12.7 Å². The fourth-order valence-electron chi connectivity index (χ4n) is 1.48. The van der Waals surface area contributed by atoms with E-state index in [9.17, 15) is 14.3 Å².